The monoisotopic (exact) mass is 307 g/mol. The lowest BCUT2D eigenvalue weighted by Crippen LogP contribution is -2.27. The van der Waals surface area contributed by atoms with Gasteiger partial charge in [0.2, 0.25) is 5.95 Å². The summed E-state index contributed by atoms with van der Waals surface area (Å²) in [6.45, 7) is 0. The van der Waals surface area contributed by atoms with Crippen molar-refractivity contribution in [3.8, 4) is 5.82 Å². The summed E-state index contributed by atoms with van der Waals surface area (Å²) in [4.78, 5) is 20.2. The standard InChI is InChI=1S/C17H17N5O/c23-14-7-5-13(6-8-14)20-17-18-10-9-16(21-17)22-15-4-2-1-3-12(15)11-19-22/h1-4,9-11,13H,5-8H2,(H,18,20,21). The van der Waals surface area contributed by atoms with Gasteiger partial charge < -0.3 is 5.32 Å². The number of aromatic nitrogens is 4. The molecule has 1 aromatic carbocycles. The van der Waals surface area contributed by atoms with Crippen molar-refractivity contribution in [1.82, 2.24) is 19.7 Å². The summed E-state index contributed by atoms with van der Waals surface area (Å²) < 4.78 is 1.81. The Morgan fingerprint density at radius 1 is 1.13 bits per heavy atom. The number of benzene rings is 1. The van der Waals surface area contributed by atoms with Crippen molar-refractivity contribution >= 4 is 22.6 Å². The molecule has 1 saturated carbocycles. The summed E-state index contributed by atoms with van der Waals surface area (Å²) in [6, 6.07) is 10.1. The average molecular weight is 307 g/mol. The molecule has 0 saturated heterocycles. The Labute approximate surface area is 133 Å². The number of para-hydroxylation sites is 1. The van der Waals surface area contributed by atoms with Gasteiger partial charge in [-0.25, -0.2) is 9.67 Å². The molecular formula is C17H17N5O. The van der Waals surface area contributed by atoms with Crippen LogP contribution < -0.4 is 5.32 Å². The van der Waals surface area contributed by atoms with Crippen LogP contribution in [0.4, 0.5) is 5.95 Å². The molecule has 0 spiro atoms. The molecule has 1 fully saturated rings. The summed E-state index contributed by atoms with van der Waals surface area (Å²) >= 11 is 0. The lowest BCUT2D eigenvalue weighted by atomic mass is 9.94. The molecule has 1 N–H and O–H groups in total. The van der Waals surface area contributed by atoms with E-state index in [1.165, 1.54) is 0 Å². The third-order valence-electron chi connectivity index (χ3n) is 4.21. The van der Waals surface area contributed by atoms with Crippen LogP contribution in [0.15, 0.2) is 42.7 Å². The van der Waals surface area contributed by atoms with Gasteiger partial charge in [-0.15, -0.1) is 0 Å². The van der Waals surface area contributed by atoms with Crippen LogP contribution in [0.3, 0.4) is 0 Å². The van der Waals surface area contributed by atoms with Crippen molar-refractivity contribution in [2.24, 2.45) is 0 Å². The predicted molar refractivity (Wildman–Crippen MR) is 87.5 cm³/mol. The first-order chi connectivity index (χ1) is 11.3. The van der Waals surface area contributed by atoms with Crippen LogP contribution >= 0.6 is 0 Å². The summed E-state index contributed by atoms with van der Waals surface area (Å²) in [5.41, 5.74) is 1.01. The van der Waals surface area contributed by atoms with E-state index in [0.29, 0.717) is 24.6 Å². The highest BCUT2D eigenvalue weighted by Gasteiger charge is 2.19. The Bertz CT molecular complexity index is 847. The number of fused-ring (bicyclic) bond motifs is 1. The Morgan fingerprint density at radius 2 is 1.96 bits per heavy atom. The van der Waals surface area contributed by atoms with Crippen molar-refractivity contribution in [1.29, 1.82) is 0 Å². The van der Waals surface area contributed by atoms with Gasteiger partial charge in [0.15, 0.2) is 5.82 Å². The highest BCUT2D eigenvalue weighted by Crippen LogP contribution is 2.20. The highest BCUT2D eigenvalue weighted by molar-refractivity contribution is 5.80. The molecule has 2 aromatic heterocycles. The number of rotatable bonds is 3. The van der Waals surface area contributed by atoms with Crippen molar-refractivity contribution in [2.45, 2.75) is 31.7 Å². The number of nitrogens with zero attached hydrogens (tertiary/aromatic N) is 4. The first kappa shape index (κ1) is 13.9. The van der Waals surface area contributed by atoms with E-state index in [4.69, 9.17) is 0 Å². The molecule has 2 heterocycles. The van der Waals surface area contributed by atoms with Crippen LogP contribution in [-0.2, 0) is 4.79 Å². The van der Waals surface area contributed by atoms with Crippen molar-refractivity contribution in [3.05, 3.63) is 42.7 Å². The van der Waals surface area contributed by atoms with Crippen LogP contribution in [0, 0.1) is 0 Å². The lowest BCUT2D eigenvalue weighted by molar-refractivity contribution is -0.120. The highest BCUT2D eigenvalue weighted by atomic mass is 16.1. The molecule has 0 atom stereocenters. The number of Topliss-reactive ketones (excluding diaryl/α,β-unsaturated/α-hetero) is 1. The summed E-state index contributed by atoms with van der Waals surface area (Å²) in [6.07, 6.45) is 6.53. The SMILES string of the molecule is O=C1CCC(Nc2nccc(-n3ncc4ccccc43)n2)CC1. The molecule has 0 amide bonds. The second-order valence-electron chi connectivity index (χ2n) is 5.81. The van der Waals surface area contributed by atoms with Gasteiger partial charge in [0.05, 0.1) is 11.7 Å². The van der Waals surface area contributed by atoms with E-state index in [2.05, 4.69) is 20.4 Å². The lowest BCUT2D eigenvalue weighted by Gasteiger charge is -2.22. The first-order valence-corrected chi connectivity index (χ1v) is 7.84. The normalized spacial score (nSPS) is 15.9. The van der Waals surface area contributed by atoms with E-state index in [0.717, 1.165) is 29.6 Å². The van der Waals surface area contributed by atoms with Gasteiger partial charge in [-0.05, 0) is 18.9 Å². The zero-order valence-electron chi connectivity index (χ0n) is 12.6. The third kappa shape index (κ3) is 2.79. The summed E-state index contributed by atoms with van der Waals surface area (Å²) in [5, 5.41) is 8.83. The maximum absolute atomic E-state index is 11.3. The zero-order chi connectivity index (χ0) is 15.6. The molecule has 0 unspecified atom stereocenters. The number of carbonyl (C=O) groups excluding carboxylic acids is 1. The smallest absolute Gasteiger partial charge is 0.224 e. The van der Waals surface area contributed by atoms with Crippen LogP contribution in [0.5, 0.6) is 0 Å². The fraction of sp³-hybridized carbons (Fsp3) is 0.294. The fourth-order valence-electron chi connectivity index (χ4n) is 2.96. The molecule has 0 bridgehead atoms. The van der Waals surface area contributed by atoms with E-state index in [1.54, 1.807) is 6.20 Å². The minimum Gasteiger partial charge on any atom is -0.351 e. The maximum atomic E-state index is 11.3. The number of anilines is 1. The largest absolute Gasteiger partial charge is 0.351 e. The molecular weight excluding hydrogens is 290 g/mol. The van der Waals surface area contributed by atoms with Crippen molar-refractivity contribution in [3.63, 3.8) is 0 Å². The van der Waals surface area contributed by atoms with Gasteiger partial charge >= 0.3 is 0 Å². The van der Waals surface area contributed by atoms with E-state index < -0.39 is 0 Å². The van der Waals surface area contributed by atoms with Gasteiger partial charge in [-0.1, -0.05) is 18.2 Å². The molecule has 6 nitrogen and oxygen atoms in total. The molecule has 1 aliphatic rings. The van der Waals surface area contributed by atoms with Gasteiger partial charge in [0, 0.05) is 36.5 Å². The minimum absolute atomic E-state index is 0.261. The number of hydrogen-bond donors (Lipinski definition) is 1. The van der Waals surface area contributed by atoms with Crippen LogP contribution in [0.2, 0.25) is 0 Å². The quantitative estimate of drug-likeness (QED) is 0.805. The Kier molecular flexibility index (Phi) is 3.49. The number of hydrogen-bond acceptors (Lipinski definition) is 5. The number of carbonyl (C=O) groups is 1. The Morgan fingerprint density at radius 3 is 2.83 bits per heavy atom. The van der Waals surface area contributed by atoms with Gasteiger partial charge in [0.25, 0.3) is 0 Å². The fourth-order valence-corrected chi connectivity index (χ4v) is 2.96. The number of nitrogens with one attached hydrogen (secondary N) is 1. The van der Waals surface area contributed by atoms with Crippen LogP contribution in [0.25, 0.3) is 16.7 Å². The van der Waals surface area contributed by atoms with E-state index in [9.17, 15) is 4.79 Å². The van der Waals surface area contributed by atoms with Crippen molar-refractivity contribution < 1.29 is 4.79 Å². The molecule has 3 aromatic rings. The molecule has 23 heavy (non-hydrogen) atoms. The van der Waals surface area contributed by atoms with E-state index >= 15 is 0 Å². The Hall–Kier alpha value is -2.76. The first-order valence-electron chi connectivity index (χ1n) is 7.84. The van der Waals surface area contributed by atoms with Crippen LogP contribution in [-0.4, -0.2) is 31.6 Å². The minimum atomic E-state index is 0.261. The van der Waals surface area contributed by atoms with Gasteiger partial charge in [-0.3, -0.25) is 4.79 Å². The molecule has 116 valence electrons. The predicted octanol–water partition coefficient (Wildman–Crippen LogP) is 2.74. The molecule has 4 rings (SSSR count). The zero-order valence-corrected chi connectivity index (χ0v) is 12.6. The number of ketones is 1. The molecule has 0 radical (unpaired) electrons. The average Bonchev–Trinajstić information content (AvgIpc) is 3.01. The molecule has 6 heteroatoms. The maximum Gasteiger partial charge on any atom is 0.224 e. The Balaban J connectivity index is 1.60. The van der Waals surface area contributed by atoms with E-state index in [1.807, 2.05) is 41.2 Å². The van der Waals surface area contributed by atoms with Gasteiger partial charge in [-0.2, -0.15) is 10.1 Å². The third-order valence-corrected chi connectivity index (χ3v) is 4.21. The summed E-state index contributed by atoms with van der Waals surface area (Å²) in [7, 11) is 0. The molecule has 0 aliphatic heterocycles. The molecule has 1 aliphatic carbocycles. The second kappa shape index (κ2) is 5.79. The van der Waals surface area contributed by atoms with E-state index in [-0.39, 0.29) is 6.04 Å². The van der Waals surface area contributed by atoms with Crippen LogP contribution in [0.1, 0.15) is 25.7 Å². The second-order valence-corrected chi connectivity index (χ2v) is 5.81. The summed E-state index contributed by atoms with van der Waals surface area (Å²) in [5.74, 6) is 1.66. The van der Waals surface area contributed by atoms with Crippen molar-refractivity contribution in [2.75, 3.05) is 5.32 Å². The van der Waals surface area contributed by atoms with Gasteiger partial charge in [0.1, 0.15) is 5.78 Å². The topological polar surface area (TPSA) is 72.7 Å².